The number of furan rings is 1. The SMILES string of the molecule is C1=CCCC(C2(C3=CCCC=C3)c3ccccc3-c3c2ccc2c4ccc5oc6ccccc6c5c4n(C4=NC5C=CC=CC5C(c5ccccc5)=N4)c32)=C1. The van der Waals surface area contributed by atoms with Crippen LogP contribution in [0.1, 0.15) is 42.4 Å². The molecule has 0 fully saturated rings. The third kappa shape index (κ3) is 4.22. The van der Waals surface area contributed by atoms with Gasteiger partial charge in [-0.1, -0.05) is 151 Å². The largest absolute Gasteiger partial charge is 0.456 e. The molecule has 0 N–H and O–H groups in total. The molecule has 12 rings (SSSR count). The van der Waals surface area contributed by atoms with Gasteiger partial charge < -0.3 is 4.42 Å². The van der Waals surface area contributed by atoms with Crippen molar-refractivity contribution in [2.45, 2.75) is 37.1 Å². The second-order valence-electron chi connectivity index (χ2n) is 15.3. The fraction of sp³-hybridized carbons (Fsp3) is 0.137. The third-order valence-corrected chi connectivity index (χ3v) is 12.5. The molecule has 5 aromatic carbocycles. The minimum absolute atomic E-state index is 0.0504. The minimum Gasteiger partial charge on any atom is -0.456 e. The first-order valence-corrected chi connectivity index (χ1v) is 19.6. The van der Waals surface area contributed by atoms with Crippen LogP contribution >= 0.6 is 0 Å². The normalized spacial score (nSPS) is 22.5. The standard InChI is InChI=1S/C51H37N3O/c1-4-16-32(17-5-1)47-38-23-11-14-26-42(38)52-50(53-47)54-48-35(36-29-31-44-46(49(36)54)39-24-12-15-27-43(39)55-44)28-30-41-45(48)37-22-10-13-25-40(37)51(41,33-18-6-2-7-19-33)34-20-8-3-9-21-34/h1-2,4-6,8,10-18,20-31,38,42H,3,7,9,19H2. The Labute approximate surface area is 319 Å². The molecule has 4 aliphatic carbocycles. The Kier molecular flexibility index (Phi) is 6.59. The highest BCUT2D eigenvalue weighted by atomic mass is 16.3. The Morgan fingerprint density at radius 1 is 0.673 bits per heavy atom. The molecule has 4 heteroatoms. The zero-order valence-corrected chi connectivity index (χ0v) is 30.3. The van der Waals surface area contributed by atoms with Gasteiger partial charge in [-0.2, -0.15) is 0 Å². The van der Waals surface area contributed by atoms with Crippen molar-refractivity contribution in [3.63, 3.8) is 0 Å². The second kappa shape index (κ2) is 11.7. The molecule has 1 aliphatic heterocycles. The lowest BCUT2D eigenvalue weighted by Crippen LogP contribution is -2.33. The summed E-state index contributed by atoms with van der Waals surface area (Å²) in [6.07, 6.45) is 27.1. The lowest BCUT2D eigenvalue weighted by Gasteiger charge is -2.38. The van der Waals surface area contributed by atoms with Gasteiger partial charge in [0.05, 0.1) is 33.6 Å². The van der Waals surface area contributed by atoms with Gasteiger partial charge in [-0.15, -0.1) is 0 Å². The molecule has 3 heterocycles. The van der Waals surface area contributed by atoms with Crippen molar-refractivity contribution in [2.24, 2.45) is 15.9 Å². The summed E-state index contributed by atoms with van der Waals surface area (Å²) in [6, 6.07) is 37.4. The van der Waals surface area contributed by atoms with Crippen LogP contribution in [0.4, 0.5) is 0 Å². The molecule has 3 unspecified atom stereocenters. The highest BCUT2D eigenvalue weighted by Gasteiger charge is 2.49. The topological polar surface area (TPSA) is 42.8 Å². The summed E-state index contributed by atoms with van der Waals surface area (Å²) < 4.78 is 8.99. The summed E-state index contributed by atoms with van der Waals surface area (Å²) in [5, 5.41) is 4.55. The zero-order chi connectivity index (χ0) is 36.1. The summed E-state index contributed by atoms with van der Waals surface area (Å²) >= 11 is 0. The molecule has 0 spiro atoms. The average Bonchev–Trinajstić information content (AvgIpc) is 3.90. The van der Waals surface area contributed by atoms with E-state index in [0.29, 0.717) is 5.96 Å². The van der Waals surface area contributed by atoms with Crippen LogP contribution in [0.3, 0.4) is 0 Å². The smallest absolute Gasteiger partial charge is 0.230 e. The molecule has 0 bridgehead atoms. The van der Waals surface area contributed by atoms with E-state index >= 15 is 0 Å². The molecule has 3 atom stereocenters. The van der Waals surface area contributed by atoms with Crippen LogP contribution in [0.2, 0.25) is 0 Å². The quantitative estimate of drug-likeness (QED) is 0.180. The number of para-hydroxylation sites is 1. The Hall–Kier alpha value is -6.52. The maximum atomic E-state index is 6.58. The minimum atomic E-state index is -0.407. The van der Waals surface area contributed by atoms with E-state index in [1.54, 1.807) is 0 Å². The summed E-state index contributed by atoms with van der Waals surface area (Å²) in [7, 11) is 0. The second-order valence-corrected chi connectivity index (χ2v) is 15.3. The van der Waals surface area contributed by atoms with Gasteiger partial charge >= 0.3 is 0 Å². The molecule has 2 aromatic heterocycles. The van der Waals surface area contributed by atoms with E-state index in [9.17, 15) is 0 Å². The van der Waals surface area contributed by atoms with E-state index < -0.39 is 5.41 Å². The van der Waals surface area contributed by atoms with Crippen molar-refractivity contribution in [2.75, 3.05) is 0 Å². The fourth-order valence-electron chi connectivity index (χ4n) is 10.3. The summed E-state index contributed by atoms with van der Waals surface area (Å²) in [6.45, 7) is 0. The first-order valence-electron chi connectivity index (χ1n) is 19.6. The maximum absolute atomic E-state index is 6.58. The molecule has 0 amide bonds. The van der Waals surface area contributed by atoms with E-state index in [4.69, 9.17) is 14.4 Å². The summed E-state index contributed by atoms with van der Waals surface area (Å²) in [5.41, 5.74) is 13.8. The molecule has 0 saturated carbocycles. The van der Waals surface area contributed by atoms with Gasteiger partial charge in [0.15, 0.2) is 0 Å². The predicted octanol–water partition coefficient (Wildman–Crippen LogP) is 12.3. The van der Waals surface area contributed by atoms with Crippen LogP contribution in [0, 0.1) is 5.92 Å². The summed E-state index contributed by atoms with van der Waals surface area (Å²) in [5.74, 6) is 0.757. The highest BCUT2D eigenvalue weighted by Crippen LogP contribution is 2.60. The summed E-state index contributed by atoms with van der Waals surface area (Å²) in [4.78, 5) is 11.2. The molecule has 4 nitrogen and oxygen atoms in total. The first-order chi connectivity index (χ1) is 27.3. The molecule has 0 radical (unpaired) electrons. The Morgan fingerprint density at radius 2 is 1.51 bits per heavy atom. The van der Waals surface area contributed by atoms with Gasteiger partial charge in [0.25, 0.3) is 0 Å². The molecule has 262 valence electrons. The zero-order valence-electron chi connectivity index (χ0n) is 30.3. The highest BCUT2D eigenvalue weighted by molar-refractivity contribution is 6.29. The van der Waals surface area contributed by atoms with Crippen LogP contribution < -0.4 is 0 Å². The lowest BCUT2D eigenvalue weighted by atomic mass is 9.64. The number of allylic oxidation sites excluding steroid dienone is 10. The molecule has 5 aliphatic rings. The number of hydrogen-bond acceptors (Lipinski definition) is 3. The molecular weight excluding hydrogens is 671 g/mol. The number of aliphatic imine (C=N–C) groups is 2. The van der Waals surface area contributed by atoms with Gasteiger partial charge in [0, 0.05) is 27.6 Å². The van der Waals surface area contributed by atoms with Crippen molar-refractivity contribution in [1.29, 1.82) is 0 Å². The average molecular weight is 708 g/mol. The number of hydrogen-bond donors (Lipinski definition) is 0. The van der Waals surface area contributed by atoms with Crippen molar-refractivity contribution in [3.8, 4) is 11.1 Å². The molecule has 55 heavy (non-hydrogen) atoms. The monoisotopic (exact) mass is 707 g/mol. The van der Waals surface area contributed by atoms with Gasteiger partial charge in [0.1, 0.15) is 11.2 Å². The van der Waals surface area contributed by atoms with Crippen molar-refractivity contribution in [3.05, 3.63) is 192 Å². The van der Waals surface area contributed by atoms with Crippen molar-refractivity contribution >= 4 is 55.4 Å². The van der Waals surface area contributed by atoms with Gasteiger partial charge in [-0.25, -0.2) is 9.98 Å². The van der Waals surface area contributed by atoms with Crippen LogP contribution in [0.5, 0.6) is 0 Å². The van der Waals surface area contributed by atoms with E-state index in [0.717, 1.165) is 69.9 Å². The van der Waals surface area contributed by atoms with E-state index in [-0.39, 0.29) is 12.0 Å². The predicted molar refractivity (Wildman–Crippen MR) is 227 cm³/mol. The fourth-order valence-corrected chi connectivity index (χ4v) is 10.3. The number of fused-ring (bicyclic) bond motifs is 12. The van der Waals surface area contributed by atoms with Crippen LogP contribution in [0.25, 0.3) is 54.9 Å². The van der Waals surface area contributed by atoms with E-state index in [2.05, 4.69) is 168 Å². The van der Waals surface area contributed by atoms with Gasteiger partial charge in [-0.05, 0) is 71.7 Å². The molecular formula is C51H37N3O. The van der Waals surface area contributed by atoms with Gasteiger partial charge in [0.2, 0.25) is 5.96 Å². The lowest BCUT2D eigenvalue weighted by molar-refractivity contribution is 0.669. The van der Waals surface area contributed by atoms with E-state index in [1.807, 2.05) is 0 Å². The van der Waals surface area contributed by atoms with Gasteiger partial charge in [-0.3, -0.25) is 4.57 Å². The Bertz CT molecular complexity index is 3050. The van der Waals surface area contributed by atoms with Crippen LogP contribution in [-0.4, -0.2) is 22.3 Å². The van der Waals surface area contributed by atoms with Crippen molar-refractivity contribution in [1.82, 2.24) is 4.57 Å². The maximum Gasteiger partial charge on any atom is 0.230 e. The Morgan fingerprint density at radius 3 is 2.40 bits per heavy atom. The molecule has 7 aromatic rings. The third-order valence-electron chi connectivity index (χ3n) is 12.5. The first kappa shape index (κ1) is 30.9. The number of nitrogens with zero attached hydrogens (tertiary/aromatic N) is 3. The van der Waals surface area contributed by atoms with Crippen LogP contribution in [-0.2, 0) is 5.41 Å². The molecule has 0 saturated heterocycles. The number of rotatable bonds is 3. The number of benzene rings is 5. The Balaban J connectivity index is 1.28. The van der Waals surface area contributed by atoms with Crippen LogP contribution in [0.15, 0.2) is 189 Å². The number of aromatic nitrogens is 1. The van der Waals surface area contributed by atoms with E-state index in [1.165, 1.54) is 44.2 Å². The van der Waals surface area contributed by atoms with Crippen molar-refractivity contribution < 1.29 is 4.42 Å².